The van der Waals surface area contributed by atoms with E-state index in [0.717, 1.165) is 31.2 Å². The summed E-state index contributed by atoms with van der Waals surface area (Å²) in [6, 6.07) is 15.1. The van der Waals surface area contributed by atoms with Crippen LogP contribution in [0.25, 0.3) is 0 Å². The van der Waals surface area contributed by atoms with Crippen molar-refractivity contribution in [2.45, 2.75) is 158 Å². The van der Waals surface area contributed by atoms with Gasteiger partial charge < -0.3 is 0 Å². The Morgan fingerprint density at radius 3 is 1.40 bits per heavy atom. The van der Waals surface area contributed by atoms with Crippen molar-refractivity contribution < 1.29 is 25.6 Å². The molecule has 253 valence electrons. The number of hydrogen-bond acceptors (Lipinski definition) is 5. The van der Waals surface area contributed by atoms with Gasteiger partial charge in [0, 0.05) is 51.4 Å². The Bertz CT molecular complexity index is 1170. The van der Waals surface area contributed by atoms with Crippen molar-refractivity contribution in [3.63, 3.8) is 0 Å². The van der Waals surface area contributed by atoms with Crippen molar-refractivity contribution >= 4 is 71.6 Å². The van der Waals surface area contributed by atoms with Gasteiger partial charge in [-0.05, 0) is 43.0 Å². The van der Waals surface area contributed by atoms with Crippen molar-refractivity contribution in [1.29, 1.82) is 0 Å². The van der Waals surface area contributed by atoms with E-state index >= 15 is 0 Å². The van der Waals surface area contributed by atoms with Crippen LogP contribution in [-0.4, -0.2) is 79.4 Å². The third-order valence-corrected chi connectivity index (χ3v) is 10.1. The zero-order valence-electron chi connectivity index (χ0n) is 28.6. The van der Waals surface area contributed by atoms with E-state index in [9.17, 15) is 21.4 Å². The third-order valence-electron chi connectivity index (χ3n) is 7.82. The summed E-state index contributed by atoms with van der Waals surface area (Å²) in [4.78, 5) is 0.299. The van der Waals surface area contributed by atoms with E-state index in [0.29, 0.717) is 6.42 Å². The fourth-order valence-electron chi connectivity index (χ4n) is 5.18. The zero-order valence-corrected chi connectivity index (χ0v) is 33.3. The molecule has 0 aliphatic carbocycles. The normalized spacial score (nSPS) is 11.4. The van der Waals surface area contributed by atoms with Gasteiger partial charge >= 0.3 is 0 Å². The molecule has 0 fully saturated rings. The third kappa shape index (κ3) is 23.8. The smallest absolute Gasteiger partial charge is 0.282 e. The summed E-state index contributed by atoms with van der Waals surface area (Å²) in [5.74, 6) is 0. The number of unbranched alkanes of at least 4 members (excludes halogenated alkanes) is 18. The molecule has 1 N–H and O–H groups in total. The summed E-state index contributed by atoms with van der Waals surface area (Å²) in [5.41, 5.74) is 0.726. The van der Waals surface area contributed by atoms with Crippen LogP contribution in [0, 0.1) is 0 Å². The zero-order chi connectivity index (χ0) is 32.4. The molecule has 2 rings (SSSR count). The Labute approximate surface area is 319 Å². The van der Waals surface area contributed by atoms with Gasteiger partial charge in [-0.2, -0.15) is 16.8 Å². The fourth-order valence-corrected chi connectivity index (χ4v) is 6.89. The Balaban J connectivity index is 0.000000842. The first-order chi connectivity index (χ1) is 21.2. The largest absolute Gasteiger partial charge is 0.296 e. The Hall–Kier alpha value is -0.104. The second-order valence-corrected chi connectivity index (χ2v) is 14.8. The van der Waals surface area contributed by atoms with Crippen molar-refractivity contribution in [2.75, 3.05) is 6.61 Å². The molecule has 0 saturated carbocycles. The molecule has 45 heavy (non-hydrogen) atoms. The second kappa shape index (κ2) is 28.9. The Morgan fingerprint density at radius 1 is 0.533 bits per heavy atom. The minimum atomic E-state index is -4.10. The molecule has 1 radical (unpaired) electrons. The molecule has 0 aliphatic rings. The first-order valence-corrected chi connectivity index (χ1v) is 20.1. The van der Waals surface area contributed by atoms with Crippen LogP contribution in [0.15, 0.2) is 64.4 Å². The van der Waals surface area contributed by atoms with Gasteiger partial charge in [0.15, 0.2) is 0 Å². The van der Waals surface area contributed by atoms with Crippen molar-refractivity contribution in [2.24, 2.45) is 0 Å². The summed E-state index contributed by atoms with van der Waals surface area (Å²) >= 11 is 0. The van der Waals surface area contributed by atoms with E-state index in [1.54, 1.807) is 42.5 Å². The maximum absolute atomic E-state index is 11.9. The standard InChI is InChI=1S/2C18H30O3S.K/c1-2-3-4-5-6-7-8-9-10-14-17-21-22(19,20)18-15-12-11-13-16-18;1-2-3-4-5-6-7-8-9-10-11-14-17-15-12-13-16-18(17)22(19,20)21;/h11-13,15-16H,2-10,14,17H2,1H3;12-13,15-16H,2-11,14H2,1H3,(H,19,20,21);. The van der Waals surface area contributed by atoms with E-state index in [4.69, 9.17) is 4.18 Å². The molecule has 2 aromatic rings. The van der Waals surface area contributed by atoms with Crippen LogP contribution in [0.3, 0.4) is 0 Å². The maximum Gasteiger partial charge on any atom is 0.296 e. The van der Waals surface area contributed by atoms with Gasteiger partial charge in [-0.3, -0.25) is 8.74 Å². The molecule has 2 aromatic carbocycles. The first-order valence-electron chi connectivity index (χ1n) is 17.2. The van der Waals surface area contributed by atoms with Gasteiger partial charge in [0.1, 0.15) is 0 Å². The molecule has 0 atom stereocenters. The van der Waals surface area contributed by atoms with Crippen LogP contribution in [0.5, 0.6) is 0 Å². The minimum Gasteiger partial charge on any atom is -0.282 e. The van der Waals surface area contributed by atoms with Crippen molar-refractivity contribution in [1.82, 2.24) is 0 Å². The van der Waals surface area contributed by atoms with Crippen LogP contribution in [-0.2, 0) is 30.8 Å². The molecular weight excluding hydrogens is 632 g/mol. The molecule has 6 nitrogen and oxygen atoms in total. The van der Waals surface area contributed by atoms with Gasteiger partial charge in [0.25, 0.3) is 20.2 Å². The van der Waals surface area contributed by atoms with Crippen molar-refractivity contribution in [3.05, 3.63) is 60.2 Å². The molecule has 0 heterocycles. The van der Waals surface area contributed by atoms with Gasteiger partial charge in [-0.1, -0.05) is 166 Å². The minimum absolute atomic E-state index is 0. The first kappa shape index (κ1) is 44.9. The van der Waals surface area contributed by atoms with Crippen LogP contribution in [0.2, 0.25) is 0 Å². The Morgan fingerprint density at radius 2 is 0.933 bits per heavy atom. The molecule has 0 bridgehead atoms. The van der Waals surface area contributed by atoms with E-state index in [1.807, 2.05) is 6.07 Å². The maximum atomic E-state index is 11.9. The van der Waals surface area contributed by atoms with Crippen molar-refractivity contribution in [3.8, 4) is 0 Å². The monoisotopic (exact) mass is 691 g/mol. The summed E-state index contributed by atoms with van der Waals surface area (Å²) in [6.07, 6.45) is 25.6. The van der Waals surface area contributed by atoms with E-state index in [2.05, 4.69) is 13.8 Å². The summed E-state index contributed by atoms with van der Waals surface area (Å²) in [6.45, 7) is 4.76. The second-order valence-electron chi connectivity index (χ2n) is 11.8. The Kier molecular flexibility index (Phi) is 28.8. The average Bonchev–Trinajstić information content (AvgIpc) is 3.01. The molecule has 0 aliphatic heterocycles. The van der Waals surface area contributed by atoms with Crippen LogP contribution in [0.1, 0.15) is 148 Å². The molecule has 0 saturated heterocycles. The van der Waals surface area contributed by atoms with Crippen LogP contribution >= 0.6 is 0 Å². The van der Waals surface area contributed by atoms with E-state index in [-0.39, 0.29) is 67.8 Å². The fraction of sp³-hybridized carbons (Fsp3) is 0.667. The molecule has 0 aromatic heterocycles. The van der Waals surface area contributed by atoms with Crippen LogP contribution in [0.4, 0.5) is 0 Å². The quantitative estimate of drug-likeness (QED) is 0.0482. The number of rotatable bonds is 25. The van der Waals surface area contributed by atoms with Gasteiger partial charge in [-0.25, -0.2) is 0 Å². The van der Waals surface area contributed by atoms with Crippen LogP contribution < -0.4 is 0 Å². The van der Waals surface area contributed by atoms with Gasteiger partial charge in [-0.15, -0.1) is 0 Å². The average molecular weight is 692 g/mol. The van der Waals surface area contributed by atoms with Gasteiger partial charge in [0.2, 0.25) is 0 Å². The van der Waals surface area contributed by atoms with E-state index in [1.165, 1.54) is 109 Å². The topological polar surface area (TPSA) is 97.7 Å². The summed E-state index contributed by atoms with van der Waals surface area (Å²) in [7, 11) is -7.67. The van der Waals surface area contributed by atoms with Gasteiger partial charge in [0.05, 0.1) is 16.4 Å². The van der Waals surface area contributed by atoms with E-state index < -0.39 is 20.2 Å². The summed E-state index contributed by atoms with van der Waals surface area (Å²) in [5, 5.41) is 0. The number of aryl methyl sites for hydroxylation is 1. The SMILES string of the molecule is CCCCCCCCCCCCOS(=O)(=O)c1ccccc1.CCCCCCCCCCCCc1ccccc1S(=O)(=O)O.[K]. The molecule has 0 spiro atoms. The molecular formula is C36H60KO6S2. The predicted octanol–water partition coefficient (Wildman–Crippen LogP) is 10.3. The number of hydrogen-bond donors (Lipinski definition) is 1. The molecule has 0 unspecified atom stereocenters. The summed E-state index contributed by atoms with van der Waals surface area (Å²) < 4.78 is 60.6. The number of benzene rings is 2. The molecule has 9 heteroatoms. The molecule has 0 amide bonds. The predicted molar refractivity (Wildman–Crippen MR) is 189 cm³/mol.